The molecule has 1 aromatic heterocycles. The van der Waals surface area contributed by atoms with E-state index in [9.17, 15) is 18.4 Å². The molecule has 8 nitrogen and oxygen atoms in total. The minimum Gasteiger partial charge on any atom is -0.395 e. The molecule has 0 bridgehead atoms. The van der Waals surface area contributed by atoms with Crippen molar-refractivity contribution in [2.24, 2.45) is 0 Å². The van der Waals surface area contributed by atoms with Crippen LogP contribution in [0.4, 0.5) is 8.78 Å². The van der Waals surface area contributed by atoms with Gasteiger partial charge in [-0.15, -0.1) is 8.78 Å². The Hall–Kier alpha value is -3.14. The summed E-state index contributed by atoms with van der Waals surface area (Å²) in [5.74, 6) is -0.543. The zero-order valence-corrected chi connectivity index (χ0v) is 19.1. The van der Waals surface area contributed by atoms with Crippen molar-refractivity contribution in [2.45, 2.75) is 64.6 Å². The highest BCUT2D eigenvalue weighted by molar-refractivity contribution is 6.01. The van der Waals surface area contributed by atoms with Crippen molar-refractivity contribution < 1.29 is 32.6 Å². The number of halogens is 2. The van der Waals surface area contributed by atoms with Gasteiger partial charge in [-0.05, 0) is 49.9 Å². The number of fused-ring (bicyclic) bond motifs is 2. The van der Waals surface area contributed by atoms with Crippen LogP contribution < -0.4 is 14.8 Å². The van der Waals surface area contributed by atoms with Crippen LogP contribution in [0.3, 0.4) is 0 Å². The first-order valence-electron chi connectivity index (χ1n) is 11.6. The van der Waals surface area contributed by atoms with Gasteiger partial charge in [-0.1, -0.05) is 13.0 Å². The van der Waals surface area contributed by atoms with Crippen LogP contribution in [0.1, 0.15) is 71.3 Å². The van der Waals surface area contributed by atoms with Crippen LogP contribution in [0.5, 0.6) is 11.5 Å². The number of aromatic nitrogens is 1. The highest BCUT2D eigenvalue weighted by Crippen LogP contribution is 2.42. The summed E-state index contributed by atoms with van der Waals surface area (Å²) in [6, 6.07) is 5.85. The van der Waals surface area contributed by atoms with Crippen molar-refractivity contribution >= 4 is 11.8 Å². The first-order valence-corrected chi connectivity index (χ1v) is 11.6. The molecule has 34 heavy (non-hydrogen) atoms. The lowest BCUT2D eigenvalue weighted by Gasteiger charge is -2.24. The highest BCUT2D eigenvalue weighted by Gasteiger charge is 2.43. The van der Waals surface area contributed by atoms with Gasteiger partial charge in [0.1, 0.15) is 5.69 Å². The number of hydrogen-bond donors (Lipinski definition) is 1. The van der Waals surface area contributed by atoms with Crippen LogP contribution in [-0.4, -0.2) is 46.8 Å². The molecule has 3 aliphatic heterocycles. The van der Waals surface area contributed by atoms with Crippen molar-refractivity contribution in [3.8, 4) is 11.5 Å². The minimum atomic E-state index is -3.70. The Kier molecular flexibility index (Phi) is 5.71. The molecule has 10 heteroatoms. The van der Waals surface area contributed by atoms with E-state index in [4.69, 9.17) is 4.74 Å². The molecule has 2 unspecified atom stereocenters. The number of hydrogen-bond acceptors (Lipinski definition) is 5. The van der Waals surface area contributed by atoms with Gasteiger partial charge in [0.2, 0.25) is 0 Å². The van der Waals surface area contributed by atoms with E-state index in [0.717, 1.165) is 12.8 Å². The molecule has 4 heterocycles. The quantitative estimate of drug-likeness (QED) is 0.711. The van der Waals surface area contributed by atoms with Crippen LogP contribution >= 0.6 is 0 Å². The second-order valence-corrected chi connectivity index (χ2v) is 8.89. The van der Waals surface area contributed by atoms with Crippen molar-refractivity contribution in [1.29, 1.82) is 0 Å². The fourth-order valence-electron chi connectivity index (χ4n) is 4.92. The fraction of sp³-hybridized carbons (Fsp3) is 0.500. The Morgan fingerprint density at radius 3 is 2.74 bits per heavy atom. The number of likely N-dealkylation sites (tertiary alicyclic amines) is 1. The molecule has 0 saturated carbocycles. The average molecular weight is 475 g/mol. The maximum absolute atomic E-state index is 13.4. The lowest BCUT2D eigenvalue weighted by atomic mass is 10.0. The summed E-state index contributed by atoms with van der Waals surface area (Å²) in [4.78, 5) is 28.5. The third-order valence-electron chi connectivity index (χ3n) is 6.73. The summed E-state index contributed by atoms with van der Waals surface area (Å²) in [5, 5.41) is 2.98. The van der Waals surface area contributed by atoms with Crippen molar-refractivity contribution in [3.05, 3.63) is 46.8 Å². The van der Waals surface area contributed by atoms with E-state index in [1.807, 2.05) is 23.3 Å². The monoisotopic (exact) mass is 475 g/mol. The number of amides is 2. The zero-order valence-electron chi connectivity index (χ0n) is 19.1. The molecule has 2 atom stereocenters. The number of rotatable bonds is 5. The largest absolute Gasteiger partial charge is 0.586 e. The zero-order chi connectivity index (χ0) is 24.0. The molecular weight excluding hydrogens is 448 g/mol. The predicted molar refractivity (Wildman–Crippen MR) is 117 cm³/mol. The van der Waals surface area contributed by atoms with Crippen LogP contribution in [0.15, 0.2) is 24.3 Å². The Balaban J connectivity index is 1.40. The van der Waals surface area contributed by atoms with Gasteiger partial charge in [0.15, 0.2) is 11.5 Å². The van der Waals surface area contributed by atoms with Gasteiger partial charge in [0, 0.05) is 19.1 Å². The first-order chi connectivity index (χ1) is 16.3. The van der Waals surface area contributed by atoms with Crippen LogP contribution in [-0.2, 0) is 17.9 Å². The number of carbonyl (C=O) groups is 2. The summed E-state index contributed by atoms with van der Waals surface area (Å²) in [5.41, 5.74) is 2.16. The molecule has 2 aromatic rings. The molecule has 2 amide bonds. The van der Waals surface area contributed by atoms with Crippen molar-refractivity contribution in [2.75, 3.05) is 13.2 Å². The molecule has 3 aliphatic rings. The summed E-state index contributed by atoms with van der Waals surface area (Å²) in [7, 11) is 0. The topological polar surface area (TPSA) is 82.0 Å². The van der Waals surface area contributed by atoms with Gasteiger partial charge in [0.25, 0.3) is 11.8 Å². The summed E-state index contributed by atoms with van der Waals surface area (Å²) in [6.07, 6.45) is -1.25. The molecule has 1 N–H and O–H groups in total. The molecule has 0 radical (unpaired) electrons. The molecule has 5 rings (SSSR count). The number of carbonyl (C=O) groups excluding carboxylic acids is 2. The lowest BCUT2D eigenvalue weighted by Crippen LogP contribution is -2.35. The van der Waals surface area contributed by atoms with Gasteiger partial charge in [-0.25, -0.2) is 0 Å². The van der Waals surface area contributed by atoms with E-state index in [1.54, 1.807) is 12.1 Å². The Morgan fingerprint density at radius 2 is 2.00 bits per heavy atom. The average Bonchev–Trinajstić information content (AvgIpc) is 3.49. The van der Waals surface area contributed by atoms with Crippen molar-refractivity contribution in [1.82, 2.24) is 14.8 Å². The van der Waals surface area contributed by atoms with Gasteiger partial charge < -0.3 is 29.0 Å². The Labute approximate surface area is 195 Å². The third-order valence-corrected chi connectivity index (χ3v) is 6.73. The normalized spacial score (nSPS) is 21.3. The van der Waals surface area contributed by atoms with E-state index in [-0.39, 0.29) is 36.0 Å². The van der Waals surface area contributed by atoms with Crippen molar-refractivity contribution in [3.63, 3.8) is 0 Å². The maximum Gasteiger partial charge on any atom is 0.586 e. The standard InChI is InChI=1S/C24H27F2N3O5/c1-3-17(15-6-7-20-21(11-15)34-24(25,26)33-20)27-22(30)16-12-18(29-9-10-32-13-19(16)29)23(31)28-8-4-5-14(28)2/h6-7,11-12,14,17H,3-5,8-10,13H2,1-2H3,(H,27,30). The van der Waals surface area contributed by atoms with Gasteiger partial charge in [-0.3, -0.25) is 9.59 Å². The van der Waals surface area contributed by atoms with Gasteiger partial charge >= 0.3 is 6.29 Å². The lowest BCUT2D eigenvalue weighted by molar-refractivity contribution is -0.286. The molecule has 1 aromatic carbocycles. The SMILES string of the molecule is CCC(NC(=O)c1cc(C(=O)N2CCCC2C)n2c1COCC2)c1ccc2c(c1)OC(F)(F)O2. The minimum absolute atomic E-state index is 0.0483. The van der Waals surface area contributed by atoms with Gasteiger partial charge in [-0.2, -0.15) is 0 Å². The number of ether oxygens (including phenoxy) is 3. The summed E-state index contributed by atoms with van der Waals surface area (Å²) in [6.45, 7) is 5.83. The second-order valence-electron chi connectivity index (χ2n) is 8.89. The van der Waals surface area contributed by atoms with E-state index in [1.165, 1.54) is 12.1 Å². The van der Waals surface area contributed by atoms with Crippen LogP contribution in [0.2, 0.25) is 0 Å². The molecule has 0 spiro atoms. The molecule has 182 valence electrons. The summed E-state index contributed by atoms with van der Waals surface area (Å²) < 4.78 is 43.3. The molecule has 1 saturated heterocycles. The fourth-order valence-corrected chi connectivity index (χ4v) is 4.92. The highest BCUT2D eigenvalue weighted by atomic mass is 19.3. The summed E-state index contributed by atoms with van der Waals surface area (Å²) >= 11 is 0. The van der Waals surface area contributed by atoms with E-state index < -0.39 is 12.3 Å². The predicted octanol–water partition coefficient (Wildman–Crippen LogP) is 3.85. The smallest absolute Gasteiger partial charge is 0.395 e. The number of nitrogens with one attached hydrogen (secondary N) is 1. The van der Waals surface area contributed by atoms with Gasteiger partial charge in [0.05, 0.1) is 30.5 Å². The number of alkyl halides is 2. The van der Waals surface area contributed by atoms with E-state index in [0.29, 0.717) is 48.6 Å². The molecule has 1 fully saturated rings. The number of nitrogens with zero attached hydrogens (tertiary/aromatic N) is 2. The van der Waals surface area contributed by atoms with Crippen LogP contribution in [0.25, 0.3) is 0 Å². The van der Waals surface area contributed by atoms with E-state index >= 15 is 0 Å². The second kappa shape index (κ2) is 8.57. The third kappa shape index (κ3) is 4.00. The molecule has 0 aliphatic carbocycles. The maximum atomic E-state index is 13.4. The van der Waals surface area contributed by atoms with Crippen LogP contribution in [0, 0.1) is 0 Å². The number of benzene rings is 1. The molecular formula is C24H27F2N3O5. The van der Waals surface area contributed by atoms with E-state index in [2.05, 4.69) is 14.8 Å². The Morgan fingerprint density at radius 1 is 1.21 bits per heavy atom. The Bertz CT molecular complexity index is 1130. The first kappa shape index (κ1) is 22.6.